The number of nitrogens with zero attached hydrogens (tertiary/aromatic N) is 2. The summed E-state index contributed by atoms with van der Waals surface area (Å²) in [5.41, 5.74) is 9.63. The molecule has 0 saturated heterocycles. The molecule has 0 fully saturated rings. The molecule has 4 heteroatoms. The molecule has 0 bridgehead atoms. The summed E-state index contributed by atoms with van der Waals surface area (Å²) in [4.78, 5) is 8.45. The van der Waals surface area contributed by atoms with Crippen LogP contribution >= 0.6 is 0 Å². The first-order valence-electron chi connectivity index (χ1n) is 8.11. The predicted octanol–water partition coefficient (Wildman–Crippen LogP) is 4.72. The van der Waals surface area contributed by atoms with E-state index in [0.717, 1.165) is 11.1 Å². The van der Waals surface area contributed by atoms with E-state index in [1.807, 2.05) is 6.07 Å². The molecule has 24 heavy (non-hydrogen) atoms. The van der Waals surface area contributed by atoms with Crippen molar-refractivity contribution in [2.75, 3.05) is 5.73 Å². The molecular formula is C20H27N3O. The van der Waals surface area contributed by atoms with Gasteiger partial charge < -0.3 is 10.8 Å². The third-order valence-corrected chi connectivity index (χ3v) is 3.99. The Hall–Kier alpha value is -2.36. The van der Waals surface area contributed by atoms with Gasteiger partial charge in [-0.05, 0) is 28.5 Å². The Labute approximate surface area is 144 Å². The fraction of sp³-hybridized carbons (Fsp3) is 0.400. The van der Waals surface area contributed by atoms with E-state index in [2.05, 4.69) is 57.6 Å². The minimum absolute atomic E-state index is 0.0242. The van der Waals surface area contributed by atoms with E-state index < -0.39 is 0 Å². The number of hydrogen-bond donors (Lipinski definition) is 2. The molecule has 1 aromatic carbocycles. The van der Waals surface area contributed by atoms with Crippen molar-refractivity contribution in [3.63, 3.8) is 0 Å². The Balaban J connectivity index is 2.59. The van der Waals surface area contributed by atoms with Gasteiger partial charge in [0.15, 0.2) is 0 Å². The summed E-state index contributed by atoms with van der Waals surface area (Å²) in [5, 5.41) is 10.7. The van der Waals surface area contributed by atoms with Gasteiger partial charge in [-0.1, -0.05) is 47.6 Å². The first kappa shape index (κ1) is 18.0. The molecule has 0 aliphatic carbocycles. The highest BCUT2D eigenvalue weighted by atomic mass is 16.3. The van der Waals surface area contributed by atoms with Crippen LogP contribution < -0.4 is 5.73 Å². The number of benzene rings is 1. The lowest BCUT2D eigenvalue weighted by Gasteiger charge is -2.26. The summed E-state index contributed by atoms with van der Waals surface area (Å²) in [6.45, 7) is 12.8. The van der Waals surface area contributed by atoms with Crippen LogP contribution in [0.2, 0.25) is 0 Å². The van der Waals surface area contributed by atoms with Crippen molar-refractivity contribution in [1.82, 2.24) is 4.98 Å². The molecule has 2 aromatic rings. The number of aliphatic imine (C=N–C) groups is 1. The minimum Gasteiger partial charge on any atom is -0.507 e. The summed E-state index contributed by atoms with van der Waals surface area (Å²) in [6, 6.07) is 5.78. The molecule has 0 spiro atoms. The van der Waals surface area contributed by atoms with E-state index in [-0.39, 0.29) is 16.6 Å². The Morgan fingerprint density at radius 2 is 1.75 bits per heavy atom. The highest BCUT2D eigenvalue weighted by Crippen LogP contribution is 2.37. The van der Waals surface area contributed by atoms with Gasteiger partial charge in [0.05, 0.1) is 11.9 Å². The molecule has 0 saturated carbocycles. The van der Waals surface area contributed by atoms with Gasteiger partial charge in [0.2, 0.25) is 0 Å². The van der Waals surface area contributed by atoms with Gasteiger partial charge in [-0.2, -0.15) is 0 Å². The van der Waals surface area contributed by atoms with E-state index in [1.54, 1.807) is 24.7 Å². The van der Waals surface area contributed by atoms with Crippen molar-refractivity contribution in [2.24, 2.45) is 4.99 Å². The number of nitrogen functional groups attached to an aromatic ring is 1. The third-order valence-electron chi connectivity index (χ3n) is 3.99. The predicted molar refractivity (Wildman–Crippen MR) is 101 cm³/mol. The second-order valence-corrected chi connectivity index (χ2v) is 8.15. The van der Waals surface area contributed by atoms with Gasteiger partial charge in [0.1, 0.15) is 11.4 Å². The van der Waals surface area contributed by atoms with Crippen LogP contribution in [0.15, 0.2) is 35.6 Å². The second-order valence-electron chi connectivity index (χ2n) is 8.15. The average molecular weight is 325 g/mol. The van der Waals surface area contributed by atoms with Gasteiger partial charge in [-0.3, -0.25) is 9.98 Å². The molecule has 0 unspecified atom stereocenters. The largest absolute Gasteiger partial charge is 0.507 e. The number of phenols is 1. The number of aromatic nitrogens is 1. The van der Waals surface area contributed by atoms with Gasteiger partial charge in [-0.25, -0.2) is 0 Å². The SMILES string of the molecule is CC(C)(C)c1cc(C=Nc2cnccc2N)c(O)c(C(C)(C)C)c1. The number of hydrogen-bond acceptors (Lipinski definition) is 4. The van der Waals surface area contributed by atoms with Crippen LogP contribution in [0.25, 0.3) is 0 Å². The topological polar surface area (TPSA) is 71.5 Å². The Morgan fingerprint density at radius 1 is 1.08 bits per heavy atom. The third kappa shape index (κ3) is 3.94. The molecule has 3 N–H and O–H groups in total. The minimum atomic E-state index is -0.165. The lowest BCUT2D eigenvalue weighted by molar-refractivity contribution is 0.444. The standard InChI is InChI=1S/C20H27N3O/c1-19(2,3)14-9-13(18(24)15(10-14)20(4,5)6)11-23-17-12-22-8-7-16(17)21/h7-12,24H,1-6H3,(H2,21,22). The lowest BCUT2D eigenvalue weighted by atomic mass is 9.79. The van der Waals surface area contributed by atoms with E-state index in [9.17, 15) is 5.11 Å². The number of rotatable bonds is 2. The van der Waals surface area contributed by atoms with Gasteiger partial charge >= 0.3 is 0 Å². The fourth-order valence-electron chi connectivity index (χ4n) is 2.40. The van der Waals surface area contributed by atoms with Crippen molar-refractivity contribution in [2.45, 2.75) is 52.4 Å². The van der Waals surface area contributed by atoms with Crippen LogP contribution in [-0.4, -0.2) is 16.3 Å². The molecular weight excluding hydrogens is 298 g/mol. The lowest BCUT2D eigenvalue weighted by Crippen LogP contribution is -2.17. The quantitative estimate of drug-likeness (QED) is 0.785. The highest BCUT2D eigenvalue weighted by Gasteiger charge is 2.24. The Morgan fingerprint density at radius 3 is 2.29 bits per heavy atom. The zero-order valence-corrected chi connectivity index (χ0v) is 15.4. The average Bonchev–Trinajstić information content (AvgIpc) is 2.45. The van der Waals surface area contributed by atoms with E-state index >= 15 is 0 Å². The zero-order valence-electron chi connectivity index (χ0n) is 15.4. The van der Waals surface area contributed by atoms with Gasteiger partial charge in [0.25, 0.3) is 0 Å². The monoisotopic (exact) mass is 325 g/mol. The van der Waals surface area contributed by atoms with Crippen LogP contribution in [0.1, 0.15) is 58.2 Å². The van der Waals surface area contributed by atoms with Crippen LogP contribution in [0, 0.1) is 0 Å². The maximum absolute atomic E-state index is 10.7. The summed E-state index contributed by atoms with van der Waals surface area (Å²) < 4.78 is 0. The maximum Gasteiger partial charge on any atom is 0.128 e. The molecule has 2 rings (SSSR count). The van der Waals surface area contributed by atoms with Crippen molar-refractivity contribution in [1.29, 1.82) is 0 Å². The molecule has 0 atom stereocenters. The van der Waals surface area contributed by atoms with Gasteiger partial charge in [-0.15, -0.1) is 0 Å². The number of aromatic hydroxyl groups is 1. The highest BCUT2D eigenvalue weighted by molar-refractivity contribution is 5.87. The molecule has 1 aromatic heterocycles. The van der Waals surface area contributed by atoms with Crippen LogP contribution in [-0.2, 0) is 10.8 Å². The van der Waals surface area contributed by atoms with Crippen molar-refractivity contribution in [3.05, 3.63) is 47.3 Å². The van der Waals surface area contributed by atoms with Crippen LogP contribution in [0.4, 0.5) is 11.4 Å². The van der Waals surface area contributed by atoms with Crippen LogP contribution in [0.5, 0.6) is 5.75 Å². The fourth-order valence-corrected chi connectivity index (χ4v) is 2.40. The number of anilines is 1. The Bertz CT molecular complexity index is 765. The van der Waals surface area contributed by atoms with Crippen LogP contribution in [0.3, 0.4) is 0 Å². The first-order chi connectivity index (χ1) is 11.0. The van der Waals surface area contributed by atoms with Gasteiger partial charge in [0, 0.05) is 23.5 Å². The zero-order chi connectivity index (χ0) is 18.1. The van der Waals surface area contributed by atoms with E-state index in [4.69, 9.17) is 5.73 Å². The summed E-state index contributed by atoms with van der Waals surface area (Å²) in [5.74, 6) is 0.265. The molecule has 0 aliphatic heterocycles. The van der Waals surface area contributed by atoms with E-state index in [1.165, 1.54) is 0 Å². The normalized spacial score (nSPS) is 12.8. The smallest absolute Gasteiger partial charge is 0.128 e. The van der Waals surface area contributed by atoms with Crippen molar-refractivity contribution >= 4 is 17.6 Å². The molecule has 0 aliphatic rings. The number of nitrogens with two attached hydrogens (primary N) is 1. The number of phenolic OH excluding ortho intramolecular Hbond substituents is 1. The molecule has 0 amide bonds. The first-order valence-corrected chi connectivity index (χ1v) is 8.11. The second kappa shape index (κ2) is 6.27. The van der Waals surface area contributed by atoms with Crippen molar-refractivity contribution < 1.29 is 5.11 Å². The summed E-state index contributed by atoms with van der Waals surface area (Å²) >= 11 is 0. The molecule has 1 heterocycles. The summed E-state index contributed by atoms with van der Waals surface area (Å²) in [7, 11) is 0. The number of pyridine rings is 1. The maximum atomic E-state index is 10.7. The van der Waals surface area contributed by atoms with Crippen molar-refractivity contribution in [3.8, 4) is 5.75 Å². The van der Waals surface area contributed by atoms with E-state index in [0.29, 0.717) is 16.9 Å². The summed E-state index contributed by atoms with van der Waals surface area (Å²) in [6.07, 6.45) is 4.90. The molecule has 128 valence electrons. The molecule has 0 radical (unpaired) electrons. The Kier molecular flexibility index (Phi) is 4.70. The molecule has 4 nitrogen and oxygen atoms in total.